The summed E-state index contributed by atoms with van der Waals surface area (Å²) in [5.74, 6) is -6.41. The molecule has 20 heteroatoms. The SMILES string of the molecule is CCCC(NC1CCC12CC(NC(=O)OCC(C)I)CN2C(=O)[C@@H](NC(=O)c1cc(Cl)c(Cl)cc1C(=O)O)C1CCCCC1)C(=O)C(=O)NCC(=O)N[C@H](C(N)=O)c1ccccc1. The van der Waals surface area contributed by atoms with Crippen LogP contribution in [-0.2, 0) is 28.7 Å². The number of nitrogens with two attached hydrogens (primary N) is 1. The van der Waals surface area contributed by atoms with Crippen LogP contribution < -0.4 is 32.3 Å². The molecule has 1 spiro atoms. The number of ketones is 1. The smallest absolute Gasteiger partial charge is 0.407 e. The van der Waals surface area contributed by atoms with E-state index in [1.807, 2.05) is 13.8 Å². The third-order valence-corrected chi connectivity index (χ3v) is 13.0. The molecule has 1 heterocycles. The first kappa shape index (κ1) is 49.5. The normalized spacial score (nSPS) is 21.5. The molecule has 63 heavy (non-hydrogen) atoms. The summed E-state index contributed by atoms with van der Waals surface area (Å²) < 4.78 is 5.45. The summed E-state index contributed by atoms with van der Waals surface area (Å²) in [5, 5.41) is 23.8. The fraction of sp³-hybridized carbons (Fsp3) is 0.535. The number of halogens is 3. The number of benzene rings is 2. The predicted molar refractivity (Wildman–Crippen MR) is 241 cm³/mol. The highest BCUT2D eigenvalue weighted by Gasteiger charge is 2.59. The molecule has 1 saturated heterocycles. The number of hydrogen-bond donors (Lipinski definition) is 7. The lowest BCUT2D eigenvalue weighted by Crippen LogP contribution is -2.70. The molecule has 6 amide bonds. The Morgan fingerprint density at radius 3 is 2.22 bits per heavy atom. The number of carbonyl (C=O) groups excluding carboxylic acids is 7. The number of carbonyl (C=O) groups is 8. The van der Waals surface area contributed by atoms with E-state index in [1.54, 1.807) is 35.2 Å². The van der Waals surface area contributed by atoms with Gasteiger partial charge in [-0.1, -0.05) is 116 Å². The Hall–Kier alpha value is -4.53. The fourth-order valence-electron chi connectivity index (χ4n) is 8.79. The number of rotatable bonds is 19. The molecule has 3 aliphatic rings. The average molecular weight is 1030 g/mol. The molecule has 0 radical (unpaired) electrons. The molecular formula is C43H54Cl2IN7O10. The maximum atomic E-state index is 15.1. The second-order valence-corrected chi connectivity index (χ2v) is 19.3. The minimum Gasteiger partial charge on any atom is -0.478 e. The molecule has 17 nitrogen and oxygen atoms in total. The summed E-state index contributed by atoms with van der Waals surface area (Å²) in [6.45, 7) is 3.31. The van der Waals surface area contributed by atoms with Gasteiger partial charge in [-0.25, -0.2) is 9.59 Å². The Morgan fingerprint density at radius 2 is 1.63 bits per heavy atom. The van der Waals surface area contributed by atoms with Crippen LogP contribution in [0.2, 0.25) is 10.0 Å². The summed E-state index contributed by atoms with van der Waals surface area (Å²) in [6.07, 6.45) is 5.05. The van der Waals surface area contributed by atoms with Crippen molar-refractivity contribution in [3.05, 3.63) is 69.2 Å². The van der Waals surface area contributed by atoms with Crippen LogP contribution in [0.4, 0.5) is 4.79 Å². The molecule has 342 valence electrons. The molecule has 3 fully saturated rings. The van der Waals surface area contributed by atoms with Crippen molar-refractivity contribution in [2.75, 3.05) is 19.7 Å². The Balaban J connectivity index is 1.38. The molecule has 7 atom stereocenters. The Morgan fingerprint density at radius 1 is 0.968 bits per heavy atom. The number of carboxylic acids is 1. The van der Waals surface area contributed by atoms with Crippen LogP contribution in [0.5, 0.6) is 0 Å². The second kappa shape index (κ2) is 22.4. The van der Waals surface area contributed by atoms with E-state index in [1.165, 1.54) is 0 Å². The molecule has 0 aromatic heterocycles. The van der Waals surface area contributed by atoms with Crippen LogP contribution in [0.15, 0.2) is 42.5 Å². The van der Waals surface area contributed by atoms with E-state index in [4.69, 9.17) is 33.7 Å². The fourth-order valence-corrected chi connectivity index (χ4v) is 9.29. The molecule has 2 saturated carbocycles. The second-order valence-electron chi connectivity index (χ2n) is 16.4. The first-order chi connectivity index (χ1) is 29.9. The summed E-state index contributed by atoms with van der Waals surface area (Å²) in [7, 11) is 0. The zero-order valence-electron chi connectivity index (χ0n) is 35.1. The zero-order valence-corrected chi connectivity index (χ0v) is 38.7. The van der Waals surface area contributed by atoms with Crippen LogP contribution in [0.25, 0.3) is 0 Å². The van der Waals surface area contributed by atoms with Crippen molar-refractivity contribution in [2.24, 2.45) is 11.7 Å². The van der Waals surface area contributed by atoms with Crippen molar-refractivity contribution < 1.29 is 48.2 Å². The van der Waals surface area contributed by atoms with E-state index in [9.17, 15) is 38.7 Å². The molecule has 5 rings (SSSR count). The van der Waals surface area contributed by atoms with E-state index in [2.05, 4.69) is 49.2 Å². The summed E-state index contributed by atoms with van der Waals surface area (Å²) in [6, 6.07) is 6.13. The molecule has 8 N–H and O–H groups in total. The van der Waals surface area contributed by atoms with Gasteiger partial charge < -0.3 is 47.1 Å². The lowest BCUT2D eigenvalue weighted by molar-refractivity contribution is -0.145. The van der Waals surface area contributed by atoms with Crippen LogP contribution in [-0.4, -0.2) is 111 Å². The molecule has 5 unspecified atom stereocenters. The molecule has 0 bridgehead atoms. The maximum Gasteiger partial charge on any atom is 0.407 e. The quantitative estimate of drug-likeness (QED) is 0.0596. The standard InChI is InChI=1S/C43H54Cl2IN7O10/c1-3-10-31(36(55)39(58)48-20-33(54)51-34(37(47)56)24-11-6-4-7-12-24)50-32-15-16-43(32)19-26(49-42(62)63-22-23(2)46)21-53(43)40(59)35(25-13-8-5-9-14-25)52-38(57)27-17-29(44)30(45)18-28(27)41(60)61/h4,6-7,11-12,17-18,23,25-26,31-32,34-35,50H,3,5,8-10,13-16,19-22H2,1-2H3,(H2,47,56)(H,48,58)(H,49,62)(H,51,54)(H,52,57)(H,60,61)/t23?,26?,31?,32?,34-,35-,43?/m0/s1. The molecule has 2 aliphatic carbocycles. The number of amides is 6. The number of likely N-dealkylation sites (tertiary alicyclic amines) is 1. The lowest BCUT2D eigenvalue weighted by atomic mass is 9.68. The van der Waals surface area contributed by atoms with Gasteiger partial charge in [0.05, 0.1) is 45.3 Å². The number of nitrogens with zero attached hydrogens (tertiary/aromatic N) is 1. The Bertz CT molecular complexity index is 2060. The van der Waals surface area contributed by atoms with Gasteiger partial charge in [0.25, 0.3) is 11.8 Å². The zero-order chi connectivity index (χ0) is 46.0. The predicted octanol–water partition coefficient (Wildman–Crippen LogP) is 4.21. The minimum atomic E-state index is -1.41. The molecule has 2 aromatic carbocycles. The first-order valence-electron chi connectivity index (χ1n) is 21.1. The number of hydrogen-bond acceptors (Lipinski definition) is 10. The summed E-state index contributed by atoms with van der Waals surface area (Å²) >= 11 is 14.5. The highest BCUT2D eigenvalue weighted by atomic mass is 127. The van der Waals surface area contributed by atoms with Crippen LogP contribution in [0.1, 0.15) is 110 Å². The van der Waals surface area contributed by atoms with Crippen molar-refractivity contribution >= 4 is 93.2 Å². The first-order valence-corrected chi connectivity index (χ1v) is 23.1. The largest absolute Gasteiger partial charge is 0.478 e. The third kappa shape index (κ3) is 12.4. The van der Waals surface area contributed by atoms with E-state index < -0.39 is 89.7 Å². The van der Waals surface area contributed by atoms with E-state index in [-0.39, 0.29) is 57.0 Å². The van der Waals surface area contributed by atoms with E-state index in [0.717, 1.165) is 31.4 Å². The number of alkyl halides is 1. The topological polar surface area (TPSA) is 255 Å². The summed E-state index contributed by atoms with van der Waals surface area (Å²) in [5.41, 5.74) is 4.32. The van der Waals surface area contributed by atoms with Gasteiger partial charge in [-0.2, -0.15) is 0 Å². The van der Waals surface area contributed by atoms with Gasteiger partial charge in [-0.15, -0.1) is 0 Å². The van der Waals surface area contributed by atoms with E-state index in [0.29, 0.717) is 37.7 Å². The molecule has 1 aliphatic heterocycles. The third-order valence-electron chi connectivity index (χ3n) is 11.9. The van der Waals surface area contributed by atoms with Crippen LogP contribution >= 0.6 is 45.8 Å². The van der Waals surface area contributed by atoms with Crippen molar-refractivity contribution in [3.8, 4) is 0 Å². The highest BCUT2D eigenvalue weighted by Crippen LogP contribution is 2.47. The van der Waals surface area contributed by atoms with Crippen molar-refractivity contribution in [1.82, 2.24) is 31.5 Å². The Labute approximate surface area is 389 Å². The number of nitrogens with one attached hydrogen (secondary N) is 5. The number of aromatic carboxylic acids is 1. The van der Waals surface area contributed by atoms with Crippen molar-refractivity contribution in [3.63, 3.8) is 0 Å². The van der Waals surface area contributed by atoms with Gasteiger partial charge in [0.1, 0.15) is 18.7 Å². The number of primary amides is 1. The van der Waals surface area contributed by atoms with Crippen LogP contribution in [0, 0.1) is 5.92 Å². The van der Waals surface area contributed by atoms with Crippen LogP contribution in [0.3, 0.4) is 0 Å². The monoisotopic (exact) mass is 1030 g/mol. The van der Waals surface area contributed by atoms with Crippen molar-refractivity contribution in [1.29, 1.82) is 0 Å². The van der Waals surface area contributed by atoms with Gasteiger partial charge in [0.15, 0.2) is 0 Å². The van der Waals surface area contributed by atoms with Crippen molar-refractivity contribution in [2.45, 2.75) is 118 Å². The van der Waals surface area contributed by atoms with Gasteiger partial charge in [0, 0.05) is 16.5 Å². The van der Waals surface area contributed by atoms with Gasteiger partial charge in [-0.3, -0.25) is 28.8 Å². The average Bonchev–Trinajstić information content (AvgIpc) is 3.66. The lowest BCUT2D eigenvalue weighted by Gasteiger charge is -2.54. The van der Waals surface area contributed by atoms with Gasteiger partial charge in [0.2, 0.25) is 23.5 Å². The van der Waals surface area contributed by atoms with Gasteiger partial charge >= 0.3 is 12.1 Å². The van der Waals surface area contributed by atoms with Gasteiger partial charge in [-0.05, 0) is 62.1 Å². The van der Waals surface area contributed by atoms with E-state index >= 15 is 4.79 Å². The number of Topliss-reactive ketones (excluding diaryl/α,β-unsaturated/α-hetero) is 1. The highest BCUT2D eigenvalue weighted by molar-refractivity contribution is 14.1. The maximum absolute atomic E-state index is 15.1. The summed E-state index contributed by atoms with van der Waals surface area (Å²) in [4.78, 5) is 108. The molecule has 2 aromatic rings. The number of alkyl carbamates (subject to hydrolysis) is 1. The Kier molecular flexibility index (Phi) is 17.6. The minimum absolute atomic E-state index is 0.0371. The molecular weight excluding hydrogens is 972 g/mol. The number of ether oxygens (including phenoxy) is 1. The number of carboxylic acid groups (broad SMARTS) is 1.